The molecule has 0 aliphatic rings. The summed E-state index contributed by atoms with van der Waals surface area (Å²) in [6.45, 7) is 0. The van der Waals surface area contributed by atoms with Gasteiger partial charge in [0.05, 0.1) is 12.1 Å². The van der Waals surface area contributed by atoms with Gasteiger partial charge in [-0.2, -0.15) is 0 Å². The highest BCUT2D eigenvalue weighted by atomic mass is 35.5. The van der Waals surface area contributed by atoms with Crippen molar-refractivity contribution in [3.63, 3.8) is 0 Å². The number of hydrogen-bond acceptors (Lipinski definition) is 4. The fourth-order valence-corrected chi connectivity index (χ4v) is 2.20. The molecule has 1 amide bonds. The fourth-order valence-electron chi connectivity index (χ4n) is 1.94. The molecule has 1 N–H and O–H groups in total. The van der Waals surface area contributed by atoms with Crippen LogP contribution in [-0.4, -0.2) is 18.0 Å². The average Bonchev–Trinajstić information content (AvgIpc) is 2.94. The summed E-state index contributed by atoms with van der Waals surface area (Å²) in [5, 5.41) is 3.20. The highest BCUT2D eigenvalue weighted by Crippen LogP contribution is 2.27. The Hall–Kier alpha value is -2.53. The number of fused-ring (bicyclic) bond motifs is 1. The van der Waals surface area contributed by atoms with E-state index in [-0.39, 0.29) is 5.91 Å². The second kappa shape index (κ2) is 5.46. The summed E-state index contributed by atoms with van der Waals surface area (Å²) in [5.41, 5.74) is 2.34. The van der Waals surface area contributed by atoms with Gasteiger partial charge in [0.2, 0.25) is 0 Å². The predicted octanol–water partition coefficient (Wildman–Crippen LogP) is 3.74. The molecule has 0 bridgehead atoms. The molecule has 0 radical (unpaired) electrons. The van der Waals surface area contributed by atoms with E-state index in [1.54, 1.807) is 36.4 Å². The molecule has 0 aliphatic carbocycles. The number of halogens is 1. The lowest BCUT2D eigenvalue weighted by Crippen LogP contribution is -2.11. The summed E-state index contributed by atoms with van der Waals surface area (Å²) >= 11 is 6.02. The fraction of sp³-hybridized carbons (Fsp3) is 0.0667. The summed E-state index contributed by atoms with van der Waals surface area (Å²) in [7, 11) is 1.53. The van der Waals surface area contributed by atoms with Crippen molar-refractivity contribution in [2.24, 2.45) is 0 Å². The lowest BCUT2D eigenvalue weighted by molar-refractivity contribution is 0.102. The summed E-state index contributed by atoms with van der Waals surface area (Å²) in [6.07, 6.45) is 1.34. The van der Waals surface area contributed by atoms with Crippen LogP contribution < -0.4 is 10.1 Å². The zero-order valence-electron chi connectivity index (χ0n) is 11.1. The Balaban J connectivity index is 1.83. The third-order valence-corrected chi connectivity index (χ3v) is 3.30. The summed E-state index contributed by atoms with van der Waals surface area (Å²) in [6, 6.07) is 10.1. The van der Waals surface area contributed by atoms with Crippen LogP contribution >= 0.6 is 11.6 Å². The number of oxazole rings is 1. The van der Waals surface area contributed by atoms with E-state index in [2.05, 4.69) is 10.3 Å². The number of nitrogens with zero attached hydrogens (tertiary/aromatic N) is 1. The molecule has 0 saturated heterocycles. The SMILES string of the molecule is COc1ccc(NC(=O)c2ccc3ncoc3c2)cc1Cl. The van der Waals surface area contributed by atoms with E-state index in [4.69, 9.17) is 20.8 Å². The lowest BCUT2D eigenvalue weighted by atomic mass is 10.2. The molecule has 1 aromatic heterocycles. The molecule has 0 saturated carbocycles. The Kier molecular flexibility index (Phi) is 3.50. The maximum absolute atomic E-state index is 12.2. The first-order chi connectivity index (χ1) is 10.2. The molecular formula is C15H11ClN2O3. The molecule has 21 heavy (non-hydrogen) atoms. The van der Waals surface area contributed by atoms with Crippen molar-refractivity contribution in [3.05, 3.63) is 53.4 Å². The largest absolute Gasteiger partial charge is 0.495 e. The highest BCUT2D eigenvalue weighted by molar-refractivity contribution is 6.32. The van der Waals surface area contributed by atoms with Crippen molar-refractivity contribution >= 4 is 34.3 Å². The van der Waals surface area contributed by atoms with Crippen LogP contribution in [0.5, 0.6) is 5.75 Å². The minimum Gasteiger partial charge on any atom is -0.495 e. The second-order valence-electron chi connectivity index (χ2n) is 4.34. The predicted molar refractivity (Wildman–Crippen MR) is 80.0 cm³/mol. The van der Waals surface area contributed by atoms with Gasteiger partial charge in [-0.1, -0.05) is 11.6 Å². The van der Waals surface area contributed by atoms with Crippen molar-refractivity contribution in [3.8, 4) is 5.75 Å². The van der Waals surface area contributed by atoms with Gasteiger partial charge in [-0.3, -0.25) is 4.79 Å². The molecule has 3 rings (SSSR count). The van der Waals surface area contributed by atoms with Gasteiger partial charge in [0.15, 0.2) is 12.0 Å². The molecule has 106 valence electrons. The smallest absolute Gasteiger partial charge is 0.255 e. The number of benzene rings is 2. The van der Waals surface area contributed by atoms with E-state index in [1.807, 2.05) is 0 Å². The van der Waals surface area contributed by atoms with Crippen LogP contribution in [0.4, 0.5) is 5.69 Å². The van der Waals surface area contributed by atoms with Gasteiger partial charge >= 0.3 is 0 Å². The van der Waals surface area contributed by atoms with Crippen molar-refractivity contribution < 1.29 is 13.9 Å². The zero-order valence-corrected chi connectivity index (χ0v) is 11.8. The quantitative estimate of drug-likeness (QED) is 0.800. The standard InChI is InChI=1S/C15H11ClN2O3/c1-20-13-5-3-10(7-11(13)16)18-15(19)9-2-4-12-14(6-9)21-8-17-12/h2-8H,1H3,(H,18,19). The third-order valence-electron chi connectivity index (χ3n) is 3.00. The van der Waals surface area contributed by atoms with E-state index in [0.717, 1.165) is 0 Å². The van der Waals surface area contributed by atoms with Gasteiger partial charge in [0.25, 0.3) is 5.91 Å². The van der Waals surface area contributed by atoms with Crippen LogP contribution in [-0.2, 0) is 0 Å². The normalized spacial score (nSPS) is 10.6. The Bertz CT molecular complexity index is 814. The van der Waals surface area contributed by atoms with Crippen molar-refractivity contribution in [2.75, 3.05) is 12.4 Å². The molecule has 0 atom stereocenters. The molecule has 0 unspecified atom stereocenters. The minimum atomic E-state index is -0.255. The Morgan fingerprint density at radius 1 is 1.29 bits per heavy atom. The van der Waals surface area contributed by atoms with E-state index in [1.165, 1.54) is 13.5 Å². The number of rotatable bonds is 3. The number of aromatic nitrogens is 1. The van der Waals surface area contributed by atoms with Gasteiger partial charge in [-0.05, 0) is 36.4 Å². The van der Waals surface area contributed by atoms with Crippen LogP contribution in [0.15, 0.2) is 47.2 Å². The molecule has 6 heteroatoms. The van der Waals surface area contributed by atoms with Crippen molar-refractivity contribution in [1.82, 2.24) is 4.98 Å². The molecular weight excluding hydrogens is 292 g/mol. The monoisotopic (exact) mass is 302 g/mol. The number of anilines is 1. The van der Waals surface area contributed by atoms with E-state index < -0.39 is 0 Å². The van der Waals surface area contributed by atoms with Gasteiger partial charge in [-0.25, -0.2) is 4.98 Å². The van der Waals surface area contributed by atoms with Gasteiger partial charge in [0.1, 0.15) is 11.3 Å². The van der Waals surface area contributed by atoms with Gasteiger partial charge in [-0.15, -0.1) is 0 Å². The molecule has 2 aromatic carbocycles. The first-order valence-electron chi connectivity index (χ1n) is 6.15. The van der Waals surface area contributed by atoms with E-state index in [0.29, 0.717) is 33.1 Å². The number of carbonyl (C=O) groups is 1. The number of methoxy groups -OCH3 is 1. The Morgan fingerprint density at radius 2 is 2.14 bits per heavy atom. The molecule has 0 spiro atoms. The second-order valence-corrected chi connectivity index (χ2v) is 4.75. The number of ether oxygens (including phenoxy) is 1. The summed E-state index contributed by atoms with van der Waals surface area (Å²) in [5.74, 6) is 0.298. The van der Waals surface area contributed by atoms with E-state index >= 15 is 0 Å². The van der Waals surface area contributed by atoms with Crippen LogP contribution in [0.1, 0.15) is 10.4 Å². The molecule has 0 aliphatic heterocycles. The van der Waals surface area contributed by atoms with Crippen molar-refractivity contribution in [2.45, 2.75) is 0 Å². The Labute approximate surface area is 125 Å². The first kappa shape index (κ1) is 13.5. The molecule has 5 nitrogen and oxygen atoms in total. The summed E-state index contributed by atoms with van der Waals surface area (Å²) < 4.78 is 10.2. The molecule has 1 heterocycles. The lowest BCUT2D eigenvalue weighted by Gasteiger charge is -2.08. The minimum absolute atomic E-state index is 0.255. The third kappa shape index (κ3) is 2.68. The maximum Gasteiger partial charge on any atom is 0.255 e. The number of carbonyl (C=O) groups excluding carboxylic acids is 1. The Morgan fingerprint density at radius 3 is 2.90 bits per heavy atom. The topological polar surface area (TPSA) is 64.4 Å². The number of amides is 1. The van der Waals surface area contributed by atoms with Gasteiger partial charge < -0.3 is 14.5 Å². The van der Waals surface area contributed by atoms with Crippen LogP contribution in [0, 0.1) is 0 Å². The number of hydrogen-bond donors (Lipinski definition) is 1. The number of nitrogens with one attached hydrogen (secondary N) is 1. The summed E-state index contributed by atoms with van der Waals surface area (Å²) in [4.78, 5) is 16.2. The first-order valence-corrected chi connectivity index (χ1v) is 6.53. The van der Waals surface area contributed by atoms with Crippen LogP contribution in [0.2, 0.25) is 5.02 Å². The van der Waals surface area contributed by atoms with Crippen molar-refractivity contribution in [1.29, 1.82) is 0 Å². The highest BCUT2D eigenvalue weighted by Gasteiger charge is 2.10. The van der Waals surface area contributed by atoms with Crippen LogP contribution in [0.25, 0.3) is 11.1 Å². The van der Waals surface area contributed by atoms with Crippen LogP contribution in [0.3, 0.4) is 0 Å². The molecule has 3 aromatic rings. The molecule has 0 fully saturated rings. The average molecular weight is 303 g/mol. The maximum atomic E-state index is 12.2. The zero-order chi connectivity index (χ0) is 14.8. The van der Waals surface area contributed by atoms with E-state index in [9.17, 15) is 4.79 Å². The van der Waals surface area contributed by atoms with Gasteiger partial charge in [0, 0.05) is 11.3 Å².